The van der Waals surface area contributed by atoms with Gasteiger partial charge in [-0.1, -0.05) is 60.7 Å². The Morgan fingerprint density at radius 1 is 1.08 bits per heavy atom. The van der Waals surface area contributed by atoms with E-state index in [2.05, 4.69) is 10.6 Å². The van der Waals surface area contributed by atoms with E-state index in [0.717, 1.165) is 25.9 Å². The molecular formula is C20H24N2O2. The molecule has 1 atom stereocenters. The molecule has 0 spiro atoms. The summed E-state index contributed by atoms with van der Waals surface area (Å²) in [4.78, 5) is 12.9. The van der Waals surface area contributed by atoms with Crippen molar-refractivity contribution in [3.8, 4) is 0 Å². The van der Waals surface area contributed by atoms with Gasteiger partial charge in [0.25, 0.3) is 5.91 Å². The number of carbonyl (C=O) groups excluding carboxylic acids is 1. The lowest BCUT2D eigenvalue weighted by atomic mass is 9.85. The van der Waals surface area contributed by atoms with Crippen molar-refractivity contribution >= 4 is 5.91 Å². The first-order valence-electron chi connectivity index (χ1n) is 8.53. The van der Waals surface area contributed by atoms with Crippen molar-refractivity contribution in [1.29, 1.82) is 0 Å². The second-order valence-corrected chi connectivity index (χ2v) is 6.36. The molecule has 4 nitrogen and oxygen atoms in total. The minimum absolute atomic E-state index is 0.370. The molecule has 1 fully saturated rings. The molecule has 2 aromatic carbocycles. The quantitative estimate of drug-likeness (QED) is 0.789. The van der Waals surface area contributed by atoms with E-state index < -0.39 is 5.60 Å². The zero-order valence-corrected chi connectivity index (χ0v) is 13.7. The molecule has 0 aromatic heterocycles. The van der Waals surface area contributed by atoms with E-state index in [4.69, 9.17) is 0 Å². The minimum atomic E-state index is -1.68. The van der Waals surface area contributed by atoms with Crippen molar-refractivity contribution in [3.63, 3.8) is 0 Å². The number of carbonyl (C=O) groups is 1. The van der Waals surface area contributed by atoms with E-state index in [0.29, 0.717) is 23.6 Å². The van der Waals surface area contributed by atoms with Gasteiger partial charge in [0.15, 0.2) is 5.60 Å². The highest BCUT2D eigenvalue weighted by Crippen LogP contribution is 2.30. The zero-order chi connectivity index (χ0) is 16.8. The van der Waals surface area contributed by atoms with Crippen molar-refractivity contribution in [1.82, 2.24) is 10.6 Å². The zero-order valence-electron chi connectivity index (χ0n) is 13.7. The molecule has 1 amide bonds. The van der Waals surface area contributed by atoms with Crippen LogP contribution in [0.3, 0.4) is 0 Å². The second kappa shape index (κ2) is 7.60. The smallest absolute Gasteiger partial charge is 0.261 e. The Hall–Kier alpha value is -2.17. The van der Waals surface area contributed by atoms with Gasteiger partial charge in [-0.15, -0.1) is 0 Å². The lowest BCUT2D eigenvalue weighted by molar-refractivity contribution is -0.136. The molecule has 1 aliphatic rings. The molecule has 24 heavy (non-hydrogen) atoms. The maximum absolute atomic E-state index is 12.9. The van der Waals surface area contributed by atoms with E-state index in [-0.39, 0.29) is 5.91 Å². The Morgan fingerprint density at radius 3 is 2.17 bits per heavy atom. The molecular weight excluding hydrogens is 300 g/mol. The van der Waals surface area contributed by atoms with Crippen LogP contribution in [0.15, 0.2) is 60.7 Å². The van der Waals surface area contributed by atoms with Crippen LogP contribution in [0.25, 0.3) is 0 Å². The largest absolute Gasteiger partial charge is 0.372 e. The van der Waals surface area contributed by atoms with Gasteiger partial charge in [-0.3, -0.25) is 4.79 Å². The number of hydrogen-bond donors (Lipinski definition) is 3. The van der Waals surface area contributed by atoms with Crippen LogP contribution in [-0.2, 0) is 10.4 Å². The van der Waals surface area contributed by atoms with E-state index in [9.17, 15) is 9.90 Å². The Morgan fingerprint density at radius 2 is 1.67 bits per heavy atom. The Bertz CT molecular complexity index is 612. The molecule has 1 unspecified atom stereocenters. The summed E-state index contributed by atoms with van der Waals surface area (Å²) >= 11 is 0. The van der Waals surface area contributed by atoms with Crippen LogP contribution in [0, 0.1) is 5.92 Å². The van der Waals surface area contributed by atoms with Gasteiger partial charge in [-0.05, 0) is 43.0 Å². The van der Waals surface area contributed by atoms with E-state index in [1.807, 2.05) is 36.4 Å². The summed E-state index contributed by atoms with van der Waals surface area (Å²) in [6, 6.07) is 18.2. The third-order valence-corrected chi connectivity index (χ3v) is 4.66. The molecule has 126 valence electrons. The molecule has 1 saturated heterocycles. The van der Waals surface area contributed by atoms with Gasteiger partial charge in [0.05, 0.1) is 0 Å². The molecule has 3 rings (SSSR count). The molecule has 4 heteroatoms. The number of nitrogens with one attached hydrogen (secondary N) is 2. The molecule has 0 radical (unpaired) electrons. The number of rotatable bonds is 5. The number of piperidine rings is 1. The molecule has 1 heterocycles. The Kier molecular flexibility index (Phi) is 5.28. The fourth-order valence-corrected chi connectivity index (χ4v) is 3.25. The van der Waals surface area contributed by atoms with Gasteiger partial charge in [0.2, 0.25) is 0 Å². The number of benzene rings is 2. The first-order chi connectivity index (χ1) is 11.7. The van der Waals surface area contributed by atoms with Gasteiger partial charge in [-0.2, -0.15) is 0 Å². The van der Waals surface area contributed by atoms with E-state index in [1.54, 1.807) is 24.3 Å². The highest BCUT2D eigenvalue weighted by atomic mass is 16.3. The monoisotopic (exact) mass is 324 g/mol. The summed E-state index contributed by atoms with van der Waals surface area (Å²) in [5.41, 5.74) is -0.518. The number of amides is 1. The van der Waals surface area contributed by atoms with Crippen LogP contribution < -0.4 is 10.6 Å². The van der Waals surface area contributed by atoms with E-state index in [1.165, 1.54) is 0 Å². The average molecular weight is 324 g/mol. The van der Waals surface area contributed by atoms with Crippen LogP contribution in [0.2, 0.25) is 0 Å². The van der Waals surface area contributed by atoms with Crippen LogP contribution in [0.4, 0.5) is 0 Å². The summed E-state index contributed by atoms with van der Waals surface area (Å²) in [6.45, 7) is 2.53. The minimum Gasteiger partial charge on any atom is -0.372 e. The Labute approximate surface area is 142 Å². The van der Waals surface area contributed by atoms with Gasteiger partial charge < -0.3 is 15.7 Å². The topological polar surface area (TPSA) is 61.4 Å². The first kappa shape index (κ1) is 16.7. The fourth-order valence-electron chi connectivity index (χ4n) is 3.25. The predicted octanol–water partition coefficient (Wildman–Crippen LogP) is 2.04. The molecule has 1 aliphatic heterocycles. The van der Waals surface area contributed by atoms with Crippen LogP contribution >= 0.6 is 0 Å². The molecule has 0 bridgehead atoms. The van der Waals surface area contributed by atoms with Crippen LogP contribution in [-0.4, -0.2) is 30.6 Å². The van der Waals surface area contributed by atoms with E-state index >= 15 is 0 Å². The summed E-state index contributed by atoms with van der Waals surface area (Å²) in [6.07, 6.45) is 2.23. The van der Waals surface area contributed by atoms with Crippen molar-refractivity contribution in [2.45, 2.75) is 18.4 Å². The van der Waals surface area contributed by atoms with Crippen LogP contribution in [0.5, 0.6) is 0 Å². The summed E-state index contributed by atoms with van der Waals surface area (Å²) in [5.74, 6) is 0.0453. The average Bonchev–Trinajstić information content (AvgIpc) is 2.67. The second-order valence-electron chi connectivity index (χ2n) is 6.36. The van der Waals surface area contributed by atoms with Crippen molar-refractivity contribution in [3.05, 3.63) is 71.8 Å². The standard InChI is InChI=1S/C20H24N2O2/c23-19(22-15-16-8-7-13-21-14-16)20(24,17-9-3-1-4-10-17)18-11-5-2-6-12-18/h1-6,9-12,16,21,24H,7-8,13-15H2,(H,22,23). The summed E-state index contributed by atoms with van der Waals surface area (Å²) in [7, 11) is 0. The van der Waals surface area contributed by atoms with Gasteiger partial charge in [0.1, 0.15) is 0 Å². The number of hydrogen-bond acceptors (Lipinski definition) is 3. The van der Waals surface area contributed by atoms with Crippen molar-refractivity contribution in [2.24, 2.45) is 5.92 Å². The summed E-state index contributed by atoms with van der Waals surface area (Å²) in [5, 5.41) is 17.6. The lowest BCUT2D eigenvalue weighted by Gasteiger charge is -2.30. The third kappa shape index (κ3) is 3.50. The third-order valence-electron chi connectivity index (χ3n) is 4.66. The predicted molar refractivity (Wildman–Crippen MR) is 94.5 cm³/mol. The maximum Gasteiger partial charge on any atom is 0.261 e. The molecule has 0 saturated carbocycles. The highest BCUT2D eigenvalue weighted by molar-refractivity contribution is 5.90. The maximum atomic E-state index is 12.9. The number of aliphatic hydroxyl groups is 1. The van der Waals surface area contributed by atoms with Crippen molar-refractivity contribution in [2.75, 3.05) is 19.6 Å². The molecule has 3 N–H and O–H groups in total. The fraction of sp³-hybridized carbons (Fsp3) is 0.350. The van der Waals surface area contributed by atoms with Crippen LogP contribution in [0.1, 0.15) is 24.0 Å². The van der Waals surface area contributed by atoms with Gasteiger partial charge >= 0.3 is 0 Å². The van der Waals surface area contributed by atoms with Gasteiger partial charge in [-0.25, -0.2) is 0 Å². The van der Waals surface area contributed by atoms with Crippen molar-refractivity contribution < 1.29 is 9.90 Å². The van der Waals surface area contributed by atoms with Gasteiger partial charge in [0, 0.05) is 6.54 Å². The highest BCUT2D eigenvalue weighted by Gasteiger charge is 2.39. The summed E-state index contributed by atoms with van der Waals surface area (Å²) < 4.78 is 0. The normalized spacial score (nSPS) is 18.1. The SMILES string of the molecule is O=C(NCC1CCCNC1)C(O)(c1ccccc1)c1ccccc1. The Balaban J connectivity index is 1.83. The lowest BCUT2D eigenvalue weighted by Crippen LogP contribution is -2.48. The molecule has 2 aromatic rings. The first-order valence-corrected chi connectivity index (χ1v) is 8.53. The molecule has 0 aliphatic carbocycles.